The molecule has 0 heterocycles. The highest BCUT2D eigenvalue weighted by molar-refractivity contribution is 5.89. The molecule has 0 aliphatic heterocycles. The fourth-order valence-corrected chi connectivity index (χ4v) is 2.04. The van der Waals surface area contributed by atoms with Crippen LogP contribution in [0.3, 0.4) is 0 Å². The summed E-state index contributed by atoms with van der Waals surface area (Å²) in [4.78, 5) is 69.7. The number of ether oxygens (including phenoxy) is 6. The first-order chi connectivity index (χ1) is 13.8. The molecular weight excluding hydrogens is 408 g/mol. The van der Waals surface area contributed by atoms with Gasteiger partial charge in [0, 0.05) is 41.5 Å². The summed E-state index contributed by atoms with van der Waals surface area (Å²) in [6.07, 6.45) is 0. The number of carbonyl (C=O) groups excluding carboxylic acids is 6. The maximum Gasteiger partial charge on any atom is 0.308 e. The molecule has 162 valence electrons. The summed E-state index contributed by atoms with van der Waals surface area (Å²) in [7, 11) is 0. The third kappa shape index (κ3) is 6.58. The highest BCUT2D eigenvalue weighted by Gasteiger charge is 2.36. The number of carbonyl (C=O) groups is 6. The van der Waals surface area contributed by atoms with Crippen molar-refractivity contribution in [2.45, 2.75) is 41.5 Å². The number of esters is 6. The quantitative estimate of drug-likeness (QED) is 0.474. The van der Waals surface area contributed by atoms with Crippen LogP contribution >= 0.6 is 0 Å². The van der Waals surface area contributed by atoms with Gasteiger partial charge in [-0.25, -0.2) is 0 Å². The lowest BCUT2D eigenvalue weighted by Gasteiger charge is -2.21. The van der Waals surface area contributed by atoms with Gasteiger partial charge >= 0.3 is 35.8 Å². The van der Waals surface area contributed by atoms with Gasteiger partial charge in [-0.05, 0) is 0 Å². The zero-order valence-corrected chi connectivity index (χ0v) is 16.9. The highest BCUT2D eigenvalue weighted by Crippen LogP contribution is 2.58. The van der Waals surface area contributed by atoms with Gasteiger partial charge in [0.25, 0.3) is 0 Å². The van der Waals surface area contributed by atoms with Crippen LogP contribution in [0.25, 0.3) is 0 Å². The minimum absolute atomic E-state index is 0.740. The molecule has 0 N–H and O–H groups in total. The molecule has 12 nitrogen and oxygen atoms in total. The first-order valence-corrected chi connectivity index (χ1v) is 8.17. The van der Waals surface area contributed by atoms with Crippen LogP contribution in [-0.4, -0.2) is 35.8 Å². The van der Waals surface area contributed by atoms with Gasteiger partial charge in [0.2, 0.25) is 34.5 Å². The normalized spacial score (nSPS) is 9.80. The van der Waals surface area contributed by atoms with E-state index in [9.17, 15) is 28.8 Å². The Morgan fingerprint density at radius 2 is 0.433 bits per heavy atom. The van der Waals surface area contributed by atoms with Gasteiger partial charge in [0.05, 0.1) is 0 Å². The standard InChI is InChI=1S/C18H18O12/c1-7(19)25-13-14(26-8(2)20)16(28-10(4)22)18(30-12(6)24)17(29-11(5)23)15(13)27-9(3)21/h1-6H3. The maximum atomic E-state index is 11.6. The zero-order valence-electron chi connectivity index (χ0n) is 16.9. The third-order valence-corrected chi connectivity index (χ3v) is 2.71. The molecule has 1 aromatic rings. The Bertz CT molecular complexity index is 714. The Kier molecular flexibility index (Phi) is 8.03. The van der Waals surface area contributed by atoms with Gasteiger partial charge in [-0.3, -0.25) is 28.8 Å². The molecule has 0 aromatic heterocycles. The van der Waals surface area contributed by atoms with E-state index in [2.05, 4.69) is 0 Å². The number of benzene rings is 1. The average molecular weight is 426 g/mol. The topological polar surface area (TPSA) is 158 Å². The second-order valence-electron chi connectivity index (χ2n) is 5.54. The van der Waals surface area contributed by atoms with Crippen molar-refractivity contribution in [3.8, 4) is 34.5 Å². The molecule has 0 atom stereocenters. The summed E-state index contributed by atoms with van der Waals surface area (Å²) < 4.78 is 29.8. The SMILES string of the molecule is CC(=O)Oc1c(OC(C)=O)c(OC(C)=O)c(OC(C)=O)c(OC(C)=O)c1OC(C)=O. The fourth-order valence-electron chi connectivity index (χ4n) is 2.04. The first-order valence-electron chi connectivity index (χ1n) is 8.17. The van der Waals surface area contributed by atoms with Crippen LogP contribution in [-0.2, 0) is 28.8 Å². The smallest absolute Gasteiger partial charge is 0.308 e. The van der Waals surface area contributed by atoms with E-state index in [-0.39, 0.29) is 0 Å². The van der Waals surface area contributed by atoms with Crippen molar-refractivity contribution < 1.29 is 57.2 Å². The molecule has 0 aliphatic carbocycles. The average Bonchev–Trinajstić information content (AvgIpc) is 2.55. The Morgan fingerprint density at radius 3 is 0.500 bits per heavy atom. The third-order valence-electron chi connectivity index (χ3n) is 2.71. The van der Waals surface area contributed by atoms with Crippen molar-refractivity contribution in [1.82, 2.24) is 0 Å². The van der Waals surface area contributed by atoms with E-state index < -0.39 is 70.3 Å². The van der Waals surface area contributed by atoms with Gasteiger partial charge in [-0.2, -0.15) is 0 Å². The Labute approximate surface area is 169 Å². The van der Waals surface area contributed by atoms with Gasteiger partial charge in [-0.1, -0.05) is 0 Å². The molecule has 0 unspecified atom stereocenters. The van der Waals surface area contributed by atoms with Crippen molar-refractivity contribution in [3.63, 3.8) is 0 Å². The maximum absolute atomic E-state index is 11.6. The molecule has 12 heteroatoms. The van der Waals surface area contributed by atoms with Gasteiger partial charge in [-0.15, -0.1) is 0 Å². The Balaban J connectivity index is 4.20. The van der Waals surface area contributed by atoms with E-state index in [0.29, 0.717) is 0 Å². The molecule has 0 fully saturated rings. The van der Waals surface area contributed by atoms with E-state index in [1.807, 2.05) is 0 Å². The predicted molar refractivity (Wildman–Crippen MR) is 94.3 cm³/mol. The molecule has 0 spiro atoms. The largest absolute Gasteiger partial charge is 0.418 e. The first kappa shape index (κ1) is 24.1. The van der Waals surface area contributed by atoms with Gasteiger partial charge < -0.3 is 28.4 Å². The number of hydrogen-bond acceptors (Lipinski definition) is 12. The van der Waals surface area contributed by atoms with E-state index in [4.69, 9.17) is 28.4 Å². The molecule has 0 saturated carbocycles. The van der Waals surface area contributed by atoms with E-state index in [0.717, 1.165) is 41.5 Å². The second-order valence-corrected chi connectivity index (χ2v) is 5.54. The van der Waals surface area contributed by atoms with Crippen LogP contribution in [0.5, 0.6) is 34.5 Å². The Hall–Kier alpha value is -3.96. The lowest BCUT2D eigenvalue weighted by Crippen LogP contribution is -2.17. The minimum atomic E-state index is -0.973. The molecule has 1 rings (SSSR count). The summed E-state index contributed by atoms with van der Waals surface area (Å²) >= 11 is 0. The molecule has 0 radical (unpaired) electrons. The molecule has 0 bridgehead atoms. The molecule has 0 amide bonds. The Morgan fingerprint density at radius 1 is 0.333 bits per heavy atom. The molecule has 0 saturated heterocycles. The van der Waals surface area contributed by atoms with Crippen LogP contribution in [0, 0.1) is 0 Å². The van der Waals surface area contributed by atoms with Crippen molar-refractivity contribution >= 4 is 35.8 Å². The van der Waals surface area contributed by atoms with Gasteiger partial charge in [0.1, 0.15) is 0 Å². The fraction of sp³-hybridized carbons (Fsp3) is 0.333. The van der Waals surface area contributed by atoms with Gasteiger partial charge in [0.15, 0.2) is 0 Å². The van der Waals surface area contributed by atoms with E-state index in [1.165, 1.54) is 0 Å². The van der Waals surface area contributed by atoms with Crippen LogP contribution in [0.4, 0.5) is 0 Å². The summed E-state index contributed by atoms with van der Waals surface area (Å²) in [6.45, 7) is 5.79. The van der Waals surface area contributed by atoms with Crippen LogP contribution in [0.2, 0.25) is 0 Å². The molecule has 0 aliphatic rings. The molecule has 1 aromatic carbocycles. The summed E-state index contributed by atoms with van der Waals surface area (Å²) in [5, 5.41) is 0. The van der Waals surface area contributed by atoms with Crippen molar-refractivity contribution in [3.05, 3.63) is 0 Å². The zero-order chi connectivity index (χ0) is 23.2. The summed E-state index contributed by atoms with van der Waals surface area (Å²) in [6, 6.07) is 0. The molecular formula is C18H18O12. The highest BCUT2D eigenvalue weighted by atomic mass is 16.6. The lowest BCUT2D eigenvalue weighted by molar-refractivity contribution is -0.138. The second kappa shape index (κ2) is 10.0. The monoisotopic (exact) mass is 426 g/mol. The van der Waals surface area contributed by atoms with Crippen LogP contribution in [0.1, 0.15) is 41.5 Å². The van der Waals surface area contributed by atoms with Crippen molar-refractivity contribution in [2.75, 3.05) is 0 Å². The van der Waals surface area contributed by atoms with Crippen molar-refractivity contribution in [2.24, 2.45) is 0 Å². The summed E-state index contributed by atoms with van der Waals surface area (Å²) in [5.74, 6) is -10.3. The van der Waals surface area contributed by atoms with E-state index in [1.54, 1.807) is 0 Å². The molecule has 30 heavy (non-hydrogen) atoms. The van der Waals surface area contributed by atoms with Crippen molar-refractivity contribution in [1.29, 1.82) is 0 Å². The number of rotatable bonds is 6. The number of hydrogen-bond donors (Lipinski definition) is 0. The minimum Gasteiger partial charge on any atom is -0.418 e. The predicted octanol–water partition coefficient (Wildman–Crippen LogP) is 1.24. The van der Waals surface area contributed by atoms with Crippen LogP contribution in [0.15, 0.2) is 0 Å². The van der Waals surface area contributed by atoms with E-state index >= 15 is 0 Å². The summed E-state index contributed by atoms with van der Waals surface area (Å²) in [5.41, 5.74) is 0. The van der Waals surface area contributed by atoms with Crippen LogP contribution < -0.4 is 28.4 Å². The lowest BCUT2D eigenvalue weighted by atomic mass is 10.2.